The van der Waals surface area contributed by atoms with E-state index >= 15 is 0 Å². The van der Waals surface area contributed by atoms with Crippen molar-refractivity contribution in [1.29, 1.82) is 0 Å². The van der Waals surface area contributed by atoms with E-state index in [1.165, 1.54) is 22.3 Å². The molecule has 3 aliphatic heterocycles. The van der Waals surface area contributed by atoms with E-state index in [2.05, 4.69) is 53.8 Å². The molecule has 2 atom stereocenters. The Labute approximate surface area is 188 Å². The van der Waals surface area contributed by atoms with E-state index in [0.717, 1.165) is 32.4 Å². The van der Waals surface area contributed by atoms with Gasteiger partial charge in [0, 0.05) is 32.1 Å². The molecular weight excluding hydrogens is 402 g/mol. The number of nitrogens with one attached hydrogen (secondary N) is 1. The van der Waals surface area contributed by atoms with Crippen LogP contribution in [-0.4, -0.2) is 66.7 Å². The maximum Gasteiger partial charge on any atom is 0.320 e. The van der Waals surface area contributed by atoms with Crippen molar-refractivity contribution in [3.63, 3.8) is 0 Å². The van der Waals surface area contributed by atoms with Gasteiger partial charge >= 0.3 is 6.03 Å². The second-order valence-corrected chi connectivity index (χ2v) is 9.52. The summed E-state index contributed by atoms with van der Waals surface area (Å²) in [7, 11) is 0. The minimum atomic E-state index is -0.0852. The summed E-state index contributed by atoms with van der Waals surface area (Å²) < 4.78 is 5.63. The maximum atomic E-state index is 13.2. The fourth-order valence-corrected chi connectivity index (χ4v) is 6.20. The van der Waals surface area contributed by atoms with Gasteiger partial charge in [-0.1, -0.05) is 48.5 Å². The molecule has 6 heteroatoms. The van der Waals surface area contributed by atoms with Gasteiger partial charge in [-0.3, -0.25) is 4.79 Å². The van der Waals surface area contributed by atoms with Crippen LogP contribution in [0.5, 0.6) is 0 Å². The number of likely N-dealkylation sites (tertiary alicyclic amines) is 2. The first kappa shape index (κ1) is 19.8. The van der Waals surface area contributed by atoms with Crippen LogP contribution in [0, 0.1) is 5.92 Å². The minimum Gasteiger partial charge on any atom is -0.366 e. The van der Waals surface area contributed by atoms with Crippen molar-refractivity contribution in [2.24, 2.45) is 5.92 Å². The predicted molar refractivity (Wildman–Crippen MR) is 121 cm³/mol. The second kappa shape index (κ2) is 7.93. The Morgan fingerprint density at radius 1 is 0.875 bits per heavy atom. The van der Waals surface area contributed by atoms with E-state index < -0.39 is 0 Å². The lowest BCUT2D eigenvalue weighted by Gasteiger charge is -2.44. The fourth-order valence-electron chi connectivity index (χ4n) is 6.20. The molecule has 0 spiro atoms. The molecular formula is C26H29N3O3. The molecule has 32 heavy (non-hydrogen) atoms. The molecule has 2 aromatic rings. The average Bonchev–Trinajstić information content (AvgIpc) is 3.18. The normalized spacial score (nSPS) is 25.7. The quantitative estimate of drug-likeness (QED) is 0.754. The first-order valence-electron chi connectivity index (χ1n) is 11.8. The molecule has 6 nitrogen and oxygen atoms in total. The van der Waals surface area contributed by atoms with Gasteiger partial charge in [0.1, 0.15) is 6.61 Å². The lowest BCUT2D eigenvalue weighted by atomic mass is 9.78. The molecule has 0 aromatic heterocycles. The number of hydrogen-bond donors (Lipinski definition) is 1. The smallest absolute Gasteiger partial charge is 0.320 e. The molecule has 4 aliphatic rings. The Bertz CT molecular complexity index is 1000. The number of piperidine rings is 2. The highest BCUT2D eigenvalue weighted by Crippen LogP contribution is 2.50. The first-order valence-corrected chi connectivity index (χ1v) is 11.8. The summed E-state index contributed by atoms with van der Waals surface area (Å²) in [6.45, 7) is 2.95. The number of fused-ring (bicyclic) bond motifs is 4. The van der Waals surface area contributed by atoms with Gasteiger partial charge in [0.15, 0.2) is 0 Å². The lowest BCUT2D eigenvalue weighted by molar-refractivity contribution is -0.139. The van der Waals surface area contributed by atoms with E-state index in [9.17, 15) is 9.59 Å². The fraction of sp³-hybridized carbons (Fsp3) is 0.462. The molecule has 0 radical (unpaired) electrons. The van der Waals surface area contributed by atoms with Crippen molar-refractivity contribution in [3.05, 3.63) is 59.7 Å². The summed E-state index contributed by atoms with van der Waals surface area (Å²) in [6, 6.07) is 17.6. The van der Waals surface area contributed by atoms with E-state index in [0.29, 0.717) is 24.9 Å². The van der Waals surface area contributed by atoms with Gasteiger partial charge in [-0.2, -0.15) is 0 Å². The molecule has 166 valence electrons. The van der Waals surface area contributed by atoms with Crippen molar-refractivity contribution < 1.29 is 14.3 Å². The van der Waals surface area contributed by atoms with Crippen LogP contribution in [-0.2, 0) is 9.53 Å². The van der Waals surface area contributed by atoms with Crippen molar-refractivity contribution >= 4 is 11.9 Å². The van der Waals surface area contributed by atoms with Gasteiger partial charge in [-0.05, 0) is 47.4 Å². The summed E-state index contributed by atoms with van der Waals surface area (Å²) in [5.41, 5.74) is 5.61. The van der Waals surface area contributed by atoms with Gasteiger partial charge in [0.2, 0.25) is 5.91 Å². The number of nitrogens with zero attached hydrogens (tertiary/aromatic N) is 2. The zero-order chi connectivity index (χ0) is 21.7. The molecule has 0 bridgehead atoms. The van der Waals surface area contributed by atoms with Crippen LogP contribution in [0.2, 0.25) is 0 Å². The summed E-state index contributed by atoms with van der Waals surface area (Å²) in [5, 5.41) is 2.99. The van der Waals surface area contributed by atoms with E-state index in [1.807, 2.05) is 9.80 Å². The highest BCUT2D eigenvalue weighted by atomic mass is 16.5. The number of rotatable bonds is 1. The molecule has 2 aromatic carbocycles. The van der Waals surface area contributed by atoms with Gasteiger partial charge in [0.05, 0.1) is 12.1 Å². The molecule has 1 aliphatic carbocycles. The Kier molecular flexibility index (Phi) is 4.90. The predicted octanol–water partition coefficient (Wildman–Crippen LogP) is 3.22. The highest BCUT2D eigenvalue weighted by molar-refractivity contribution is 5.80. The molecule has 0 unspecified atom stereocenters. The highest BCUT2D eigenvalue weighted by Gasteiger charge is 2.40. The first-order chi connectivity index (χ1) is 15.7. The maximum absolute atomic E-state index is 13.2. The number of carbonyl (C=O) groups is 2. The third kappa shape index (κ3) is 3.28. The van der Waals surface area contributed by atoms with Crippen molar-refractivity contribution in [2.75, 3.05) is 32.8 Å². The third-order valence-electron chi connectivity index (χ3n) is 7.76. The molecule has 3 saturated heterocycles. The van der Waals surface area contributed by atoms with Crippen LogP contribution in [0.15, 0.2) is 48.5 Å². The number of morpholine rings is 1. The Morgan fingerprint density at radius 3 is 2.19 bits per heavy atom. The zero-order valence-corrected chi connectivity index (χ0v) is 18.2. The number of urea groups is 1. The molecule has 0 saturated carbocycles. The summed E-state index contributed by atoms with van der Waals surface area (Å²) in [6.07, 6.45) is 2.84. The minimum absolute atomic E-state index is 0.0324. The second-order valence-electron chi connectivity index (χ2n) is 9.52. The van der Waals surface area contributed by atoms with Gasteiger partial charge in [-0.15, -0.1) is 0 Å². The number of hydrogen-bond acceptors (Lipinski definition) is 3. The lowest BCUT2D eigenvalue weighted by Crippen LogP contribution is -2.62. The van der Waals surface area contributed by atoms with Crippen LogP contribution in [0.1, 0.15) is 36.3 Å². The van der Waals surface area contributed by atoms with Crippen LogP contribution < -0.4 is 5.32 Å². The van der Waals surface area contributed by atoms with Crippen LogP contribution in [0.3, 0.4) is 0 Å². The van der Waals surface area contributed by atoms with Gasteiger partial charge < -0.3 is 19.9 Å². The van der Waals surface area contributed by atoms with E-state index in [1.54, 1.807) is 0 Å². The van der Waals surface area contributed by atoms with Gasteiger partial charge in [0.25, 0.3) is 0 Å². The standard InChI is InChI=1S/C26H29N3O3/c30-24-16-32-23-11-14-29(15-22(23)27-24)26(31)28-12-9-17(10-13-28)25-20-7-3-1-5-18(20)19-6-2-4-8-21(19)25/h1-8,17,22-23,25H,9-16H2,(H,27,30)/t22-,23+/m1/s1. The van der Waals surface area contributed by atoms with Gasteiger partial charge in [-0.25, -0.2) is 4.79 Å². The Hall–Kier alpha value is -2.86. The van der Waals surface area contributed by atoms with Crippen molar-refractivity contribution in [3.8, 4) is 11.1 Å². The van der Waals surface area contributed by atoms with Crippen LogP contribution in [0.4, 0.5) is 4.79 Å². The Balaban J connectivity index is 1.13. The number of benzene rings is 2. The SMILES string of the molecule is O=C1CO[C@H]2CCN(C(=O)N3CCC(C4c5ccccc5-c5ccccc54)CC3)C[C@H]2N1. The van der Waals surface area contributed by atoms with Crippen LogP contribution >= 0.6 is 0 Å². The monoisotopic (exact) mass is 431 g/mol. The third-order valence-corrected chi connectivity index (χ3v) is 7.76. The summed E-state index contributed by atoms with van der Waals surface area (Å²) >= 11 is 0. The average molecular weight is 432 g/mol. The zero-order valence-electron chi connectivity index (χ0n) is 18.2. The number of carbonyl (C=O) groups excluding carboxylic acids is 2. The molecule has 3 fully saturated rings. The number of ether oxygens (including phenoxy) is 1. The topological polar surface area (TPSA) is 61.9 Å². The summed E-state index contributed by atoms with van der Waals surface area (Å²) in [5.74, 6) is 0.879. The molecule has 1 N–H and O–H groups in total. The number of amides is 3. The Morgan fingerprint density at radius 2 is 1.50 bits per heavy atom. The summed E-state index contributed by atoms with van der Waals surface area (Å²) in [4.78, 5) is 28.8. The largest absolute Gasteiger partial charge is 0.366 e. The molecule has 3 heterocycles. The molecule has 6 rings (SSSR count). The van der Waals surface area contributed by atoms with Crippen LogP contribution in [0.25, 0.3) is 11.1 Å². The van der Waals surface area contributed by atoms with Crippen molar-refractivity contribution in [2.45, 2.75) is 37.3 Å². The van der Waals surface area contributed by atoms with E-state index in [4.69, 9.17) is 4.74 Å². The van der Waals surface area contributed by atoms with Crippen molar-refractivity contribution in [1.82, 2.24) is 15.1 Å². The van der Waals surface area contributed by atoms with E-state index in [-0.39, 0.29) is 30.7 Å². The molecule has 3 amide bonds.